The van der Waals surface area contributed by atoms with Crippen LogP contribution in [0.2, 0.25) is 0 Å². The van der Waals surface area contributed by atoms with Gasteiger partial charge in [0.05, 0.1) is 5.56 Å². The second kappa shape index (κ2) is 6.54. The Bertz CT molecular complexity index is 464. The fraction of sp³-hybridized carbons (Fsp3) is 0.667. The lowest BCUT2D eigenvalue weighted by Gasteiger charge is -2.28. The van der Waals surface area contributed by atoms with Gasteiger partial charge in [0.15, 0.2) is 0 Å². The predicted octanol–water partition coefficient (Wildman–Crippen LogP) is 4.40. The Morgan fingerprint density at radius 2 is 1.81 bits per heavy atom. The van der Waals surface area contributed by atoms with Gasteiger partial charge < -0.3 is 10.2 Å². The van der Waals surface area contributed by atoms with Crippen LogP contribution >= 0.6 is 0 Å². The first-order valence-electron chi connectivity index (χ1n) is 7.07. The van der Waals surface area contributed by atoms with Crippen LogP contribution in [0.3, 0.4) is 0 Å². The molecule has 0 aromatic carbocycles. The molecule has 0 aliphatic heterocycles. The van der Waals surface area contributed by atoms with Gasteiger partial charge in [0.1, 0.15) is 11.6 Å². The smallest absolute Gasteiger partial charge is 0.370 e. The third-order valence-electron chi connectivity index (χ3n) is 2.80. The standard InChI is InChI=1S/C15H24F3N3/c1-6-7-19-12-8-11(15(16,17)18)9-13(20-12)21(5)10-14(2,3)4/h8-9H,6-7,10H2,1-5H3,(H,19,20). The molecule has 0 unspecified atom stereocenters. The quantitative estimate of drug-likeness (QED) is 0.873. The molecule has 1 aromatic rings. The number of rotatable bonds is 5. The lowest BCUT2D eigenvalue weighted by Crippen LogP contribution is -2.30. The number of hydrogen-bond donors (Lipinski definition) is 1. The average Bonchev–Trinajstić information content (AvgIpc) is 2.33. The second-order valence-electron chi connectivity index (χ2n) is 6.44. The van der Waals surface area contributed by atoms with Gasteiger partial charge in [-0.2, -0.15) is 13.2 Å². The Labute approximate surface area is 124 Å². The minimum Gasteiger partial charge on any atom is -0.370 e. The third kappa shape index (κ3) is 5.81. The summed E-state index contributed by atoms with van der Waals surface area (Å²) in [5.74, 6) is 0.598. The van der Waals surface area contributed by atoms with E-state index in [0.717, 1.165) is 18.6 Å². The number of hydrogen-bond acceptors (Lipinski definition) is 3. The zero-order chi connectivity index (χ0) is 16.3. The molecule has 0 radical (unpaired) electrons. The van der Waals surface area contributed by atoms with Gasteiger partial charge in [0, 0.05) is 20.1 Å². The molecular formula is C15H24F3N3. The van der Waals surface area contributed by atoms with Gasteiger partial charge in [-0.25, -0.2) is 4.98 Å². The number of alkyl halides is 3. The van der Waals surface area contributed by atoms with Crippen molar-refractivity contribution in [1.29, 1.82) is 0 Å². The summed E-state index contributed by atoms with van der Waals surface area (Å²) in [6.07, 6.45) is -3.55. The van der Waals surface area contributed by atoms with Gasteiger partial charge in [-0.3, -0.25) is 0 Å². The molecule has 0 aliphatic rings. The maximum absolute atomic E-state index is 13.0. The summed E-state index contributed by atoms with van der Waals surface area (Å²) >= 11 is 0. The molecule has 0 saturated heterocycles. The van der Waals surface area contributed by atoms with E-state index in [1.807, 2.05) is 27.7 Å². The highest BCUT2D eigenvalue weighted by atomic mass is 19.4. The normalized spacial score (nSPS) is 12.4. The Balaban J connectivity index is 3.12. The van der Waals surface area contributed by atoms with Crippen molar-refractivity contribution in [2.75, 3.05) is 30.4 Å². The highest BCUT2D eigenvalue weighted by Crippen LogP contribution is 2.33. The molecule has 1 N–H and O–H groups in total. The molecule has 120 valence electrons. The average molecular weight is 303 g/mol. The molecule has 1 rings (SSSR count). The van der Waals surface area contributed by atoms with Crippen LogP contribution in [0, 0.1) is 5.41 Å². The number of pyridine rings is 1. The van der Waals surface area contributed by atoms with Crippen molar-refractivity contribution in [2.24, 2.45) is 5.41 Å². The van der Waals surface area contributed by atoms with Crippen molar-refractivity contribution in [2.45, 2.75) is 40.3 Å². The predicted molar refractivity (Wildman–Crippen MR) is 80.7 cm³/mol. The van der Waals surface area contributed by atoms with Gasteiger partial charge in [-0.15, -0.1) is 0 Å². The molecule has 0 saturated carbocycles. The van der Waals surface area contributed by atoms with Crippen molar-refractivity contribution >= 4 is 11.6 Å². The van der Waals surface area contributed by atoms with E-state index in [2.05, 4.69) is 10.3 Å². The van der Waals surface area contributed by atoms with Crippen molar-refractivity contribution in [1.82, 2.24) is 4.98 Å². The van der Waals surface area contributed by atoms with Crippen LogP contribution in [0.1, 0.15) is 39.7 Å². The van der Waals surface area contributed by atoms with Crippen molar-refractivity contribution < 1.29 is 13.2 Å². The summed E-state index contributed by atoms with van der Waals surface area (Å²) in [7, 11) is 1.76. The van der Waals surface area contributed by atoms with E-state index >= 15 is 0 Å². The summed E-state index contributed by atoms with van der Waals surface area (Å²) < 4.78 is 39.0. The minimum absolute atomic E-state index is 0.0261. The lowest BCUT2D eigenvalue weighted by atomic mass is 9.96. The van der Waals surface area contributed by atoms with E-state index < -0.39 is 11.7 Å². The number of halogens is 3. The van der Waals surface area contributed by atoms with Crippen molar-refractivity contribution in [3.05, 3.63) is 17.7 Å². The Kier molecular flexibility index (Phi) is 5.48. The van der Waals surface area contributed by atoms with Gasteiger partial charge >= 0.3 is 6.18 Å². The molecule has 1 heterocycles. The first kappa shape index (κ1) is 17.6. The molecule has 0 amide bonds. The zero-order valence-corrected chi connectivity index (χ0v) is 13.3. The van der Waals surface area contributed by atoms with Gasteiger partial charge in [0.2, 0.25) is 0 Å². The van der Waals surface area contributed by atoms with Crippen LogP contribution < -0.4 is 10.2 Å². The second-order valence-corrected chi connectivity index (χ2v) is 6.44. The largest absolute Gasteiger partial charge is 0.416 e. The highest BCUT2D eigenvalue weighted by molar-refractivity contribution is 5.51. The molecule has 21 heavy (non-hydrogen) atoms. The summed E-state index contributed by atoms with van der Waals surface area (Å²) in [4.78, 5) is 6.04. The number of nitrogens with zero attached hydrogens (tertiary/aromatic N) is 2. The SMILES string of the molecule is CCCNc1cc(C(F)(F)F)cc(N(C)CC(C)(C)C)n1. The van der Waals surface area contributed by atoms with Crippen LogP contribution in [-0.4, -0.2) is 25.1 Å². The molecular weight excluding hydrogens is 279 g/mol. The van der Waals surface area contributed by atoms with E-state index in [1.54, 1.807) is 11.9 Å². The fourth-order valence-corrected chi connectivity index (χ4v) is 2.01. The lowest BCUT2D eigenvalue weighted by molar-refractivity contribution is -0.137. The van der Waals surface area contributed by atoms with Gasteiger partial charge in [-0.05, 0) is 24.0 Å². The Morgan fingerprint density at radius 1 is 1.19 bits per heavy atom. The first-order valence-corrected chi connectivity index (χ1v) is 7.07. The zero-order valence-electron chi connectivity index (χ0n) is 13.3. The first-order chi connectivity index (χ1) is 9.53. The summed E-state index contributed by atoms with van der Waals surface area (Å²) in [6, 6.07) is 2.16. The molecule has 0 aliphatic carbocycles. The highest BCUT2D eigenvalue weighted by Gasteiger charge is 2.32. The summed E-state index contributed by atoms with van der Waals surface area (Å²) in [5.41, 5.74) is -0.700. The van der Waals surface area contributed by atoms with E-state index in [0.29, 0.717) is 18.9 Å². The van der Waals surface area contributed by atoms with E-state index in [9.17, 15) is 13.2 Å². The van der Waals surface area contributed by atoms with Crippen LogP contribution in [0.5, 0.6) is 0 Å². The fourth-order valence-electron chi connectivity index (χ4n) is 2.01. The van der Waals surface area contributed by atoms with Crippen LogP contribution in [0.25, 0.3) is 0 Å². The van der Waals surface area contributed by atoms with E-state index in [4.69, 9.17) is 0 Å². The maximum Gasteiger partial charge on any atom is 0.416 e. The Hall–Kier alpha value is -1.46. The topological polar surface area (TPSA) is 28.2 Å². The molecule has 3 nitrogen and oxygen atoms in total. The Morgan fingerprint density at radius 3 is 2.29 bits per heavy atom. The molecule has 0 spiro atoms. The van der Waals surface area contributed by atoms with Crippen LogP contribution in [-0.2, 0) is 6.18 Å². The van der Waals surface area contributed by atoms with Crippen molar-refractivity contribution in [3.63, 3.8) is 0 Å². The molecule has 6 heteroatoms. The van der Waals surface area contributed by atoms with Gasteiger partial charge in [-0.1, -0.05) is 27.7 Å². The number of nitrogens with one attached hydrogen (secondary N) is 1. The van der Waals surface area contributed by atoms with Crippen LogP contribution in [0.4, 0.5) is 24.8 Å². The molecule has 0 fully saturated rings. The third-order valence-corrected chi connectivity index (χ3v) is 2.80. The van der Waals surface area contributed by atoms with E-state index in [-0.39, 0.29) is 11.2 Å². The van der Waals surface area contributed by atoms with Crippen molar-refractivity contribution in [3.8, 4) is 0 Å². The summed E-state index contributed by atoms with van der Waals surface area (Å²) in [5, 5.41) is 2.93. The number of aromatic nitrogens is 1. The number of anilines is 2. The van der Waals surface area contributed by atoms with Gasteiger partial charge in [0.25, 0.3) is 0 Å². The summed E-state index contributed by atoms with van der Waals surface area (Å²) in [6.45, 7) is 9.27. The maximum atomic E-state index is 13.0. The monoisotopic (exact) mass is 303 g/mol. The van der Waals surface area contributed by atoms with Crippen LogP contribution in [0.15, 0.2) is 12.1 Å². The molecule has 0 atom stereocenters. The van der Waals surface area contributed by atoms with E-state index in [1.165, 1.54) is 0 Å². The molecule has 0 bridgehead atoms. The minimum atomic E-state index is -4.37. The molecule has 1 aromatic heterocycles.